The van der Waals surface area contributed by atoms with Crippen LogP contribution in [-0.2, 0) is 21.4 Å². The van der Waals surface area contributed by atoms with E-state index in [1.54, 1.807) is 43.4 Å². The van der Waals surface area contributed by atoms with Gasteiger partial charge in [0.2, 0.25) is 21.7 Å². The third kappa shape index (κ3) is 7.02. The minimum Gasteiger partial charge on any atom is -0.493 e. The summed E-state index contributed by atoms with van der Waals surface area (Å²) in [5.41, 5.74) is 1.41. The van der Waals surface area contributed by atoms with Gasteiger partial charge in [-0.15, -0.1) is 0 Å². The largest absolute Gasteiger partial charge is 0.493 e. The monoisotopic (exact) mass is 470 g/mol. The summed E-state index contributed by atoms with van der Waals surface area (Å²) in [6.07, 6.45) is 0.996. The van der Waals surface area contributed by atoms with Crippen molar-refractivity contribution in [3.8, 4) is 17.2 Å². The molecule has 2 aromatic carbocycles. The molecule has 0 aliphatic carbocycles. The van der Waals surface area contributed by atoms with E-state index in [9.17, 15) is 13.2 Å². The van der Waals surface area contributed by atoms with E-state index >= 15 is 0 Å². The van der Waals surface area contributed by atoms with Crippen molar-refractivity contribution < 1.29 is 27.4 Å². The Bertz CT molecular complexity index is 986. The third-order valence-electron chi connectivity index (χ3n) is 4.58. The molecule has 1 atom stereocenters. The highest BCUT2D eigenvalue weighted by Crippen LogP contribution is 2.38. The molecule has 0 saturated carbocycles. The SMILES string of the molecule is COc1cc(CN(C)C(=O)C[C@@H](NS(C)(=O)=O)c2ccc(Cl)cc2)cc(OC)c1OC. The Morgan fingerprint density at radius 3 is 2.06 bits per heavy atom. The van der Waals surface area contributed by atoms with Crippen LogP contribution in [0.4, 0.5) is 0 Å². The maximum absolute atomic E-state index is 12.9. The van der Waals surface area contributed by atoms with E-state index in [-0.39, 0.29) is 18.9 Å². The quantitative estimate of drug-likeness (QED) is 0.573. The van der Waals surface area contributed by atoms with Crippen LogP contribution in [0.1, 0.15) is 23.6 Å². The molecular weight excluding hydrogens is 444 g/mol. The first-order valence-electron chi connectivity index (χ1n) is 9.33. The maximum Gasteiger partial charge on any atom is 0.224 e. The van der Waals surface area contributed by atoms with Gasteiger partial charge in [-0.25, -0.2) is 13.1 Å². The van der Waals surface area contributed by atoms with Crippen molar-refractivity contribution in [2.24, 2.45) is 0 Å². The van der Waals surface area contributed by atoms with Gasteiger partial charge < -0.3 is 19.1 Å². The fourth-order valence-electron chi connectivity index (χ4n) is 3.10. The van der Waals surface area contributed by atoms with Crippen LogP contribution in [0.3, 0.4) is 0 Å². The number of halogens is 1. The van der Waals surface area contributed by atoms with Gasteiger partial charge in [0.25, 0.3) is 0 Å². The van der Waals surface area contributed by atoms with Crippen LogP contribution in [0.5, 0.6) is 17.2 Å². The molecule has 0 unspecified atom stereocenters. The number of sulfonamides is 1. The van der Waals surface area contributed by atoms with E-state index < -0.39 is 16.1 Å². The van der Waals surface area contributed by atoms with Crippen molar-refractivity contribution >= 4 is 27.5 Å². The fraction of sp³-hybridized carbons (Fsp3) is 0.381. The molecule has 0 heterocycles. The molecule has 8 nitrogen and oxygen atoms in total. The van der Waals surface area contributed by atoms with Crippen LogP contribution in [-0.4, -0.2) is 53.9 Å². The zero-order valence-corrected chi connectivity index (χ0v) is 19.7. The molecule has 0 radical (unpaired) electrons. The highest BCUT2D eigenvalue weighted by molar-refractivity contribution is 7.88. The van der Waals surface area contributed by atoms with Gasteiger partial charge in [0.1, 0.15) is 0 Å². The lowest BCUT2D eigenvalue weighted by Gasteiger charge is -2.23. The zero-order valence-electron chi connectivity index (χ0n) is 18.1. The lowest BCUT2D eigenvalue weighted by atomic mass is 10.0. The summed E-state index contributed by atoms with van der Waals surface area (Å²) in [6, 6.07) is 9.49. The minimum absolute atomic E-state index is 0.0599. The Labute approximate surface area is 188 Å². The third-order valence-corrected chi connectivity index (χ3v) is 5.54. The van der Waals surface area contributed by atoms with Gasteiger partial charge in [0, 0.05) is 25.0 Å². The van der Waals surface area contributed by atoms with Crippen LogP contribution in [0.15, 0.2) is 36.4 Å². The van der Waals surface area contributed by atoms with Gasteiger partial charge in [-0.05, 0) is 35.4 Å². The van der Waals surface area contributed by atoms with E-state index in [1.807, 2.05) is 0 Å². The lowest BCUT2D eigenvalue weighted by Crippen LogP contribution is -2.34. The Balaban J connectivity index is 2.21. The summed E-state index contributed by atoms with van der Waals surface area (Å²) in [4.78, 5) is 14.4. The summed E-state index contributed by atoms with van der Waals surface area (Å²) < 4.78 is 42.2. The molecule has 0 saturated heterocycles. The van der Waals surface area contributed by atoms with Crippen LogP contribution < -0.4 is 18.9 Å². The smallest absolute Gasteiger partial charge is 0.224 e. The molecule has 0 aliphatic rings. The van der Waals surface area contributed by atoms with Crippen LogP contribution >= 0.6 is 11.6 Å². The van der Waals surface area contributed by atoms with Gasteiger partial charge in [0.05, 0.1) is 33.6 Å². The predicted octanol–water partition coefficient (Wildman–Crippen LogP) is 3.00. The van der Waals surface area contributed by atoms with Crippen molar-refractivity contribution in [1.29, 1.82) is 0 Å². The number of benzene rings is 2. The van der Waals surface area contributed by atoms with Gasteiger partial charge in [-0.3, -0.25) is 4.79 Å². The molecule has 0 aromatic heterocycles. The first-order valence-corrected chi connectivity index (χ1v) is 11.6. The molecule has 0 fully saturated rings. The predicted molar refractivity (Wildman–Crippen MR) is 119 cm³/mol. The number of nitrogens with one attached hydrogen (secondary N) is 1. The molecule has 0 aliphatic heterocycles. The zero-order chi connectivity index (χ0) is 23.2. The molecule has 170 valence electrons. The fourth-order valence-corrected chi connectivity index (χ4v) is 3.96. The van der Waals surface area contributed by atoms with Crippen LogP contribution in [0.25, 0.3) is 0 Å². The number of amides is 1. The highest BCUT2D eigenvalue weighted by Gasteiger charge is 2.23. The van der Waals surface area contributed by atoms with E-state index in [2.05, 4.69) is 4.72 Å². The summed E-state index contributed by atoms with van der Waals surface area (Å²) >= 11 is 5.92. The van der Waals surface area contributed by atoms with Gasteiger partial charge in [-0.1, -0.05) is 23.7 Å². The number of carbonyl (C=O) groups excluding carboxylic acids is 1. The molecule has 2 rings (SSSR count). The topological polar surface area (TPSA) is 94.2 Å². The second kappa shape index (κ2) is 10.7. The molecule has 1 N–H and O–H groups in total. The number of carbonyl (C=O) groups is 1. The Kier molecular flexibility index (Phi) is 8.55. The maximum atomic E-state index is 12.9. The van der Waals surface area contributed by atoms with Gasteiger partial charge in [-0.2, -0.15) is 0 Å². The second-order valence-corrected chi connectivity index (χ2v) is 9.20. The molecule has 31 heavy (non-hydrogen) atoms. The summed E-state index contributed by atoms with van der Waals surface area (Å²) in [5.74, 6) is 1.18. The summed E-state index contributed by atoms with van der Waals surface area (Å²) in [7, 11) is 2.66. The number of methoxy groups -OCH3 is 3. The first-order chi connectivity index (χ1) is 14.6. The van der Waals surface area contributed by atoms with E-state index in [0.29, 0.717) is 27.8 Å². The number of ether oxygens (including phenoxy) is 3. The normalized spacial score (nSPS) is 12.2. The van der Waals surface area contributed by atoms with E-state index in [4.69, 9.17) is 25.8 Å². The standard InChI is InChI=1S/C21H27ClN2O6S/c1-24(13-14-10-18(28-2)21(30-4)19(11-14)29-3)20(25)12-17(23-31(5,26)27)15-6-8-16(22)9-7-15/h6-11,17,23H,12-13H2,1-5H3/t17-/m1/s1. The average Bonchev–Trinajstić information content (AvgIpc) is 2.71. The van der Waals surface area contributed by atoms with Crippen LogP contribution in [0.2, 0.25) is 5.02 Å². The highest BCUT2D eigenvalue weighted by atomic mass is 35.5. The molecule has 0 spiro atoms. The lowest BCUT2D eigenvalue weighted by molar-refractivity contribution is -0.130. The average molecular weight is 471 g/mol. The van der Waals surface area contributed by atoms with Gasteiger partial charge >= 0.3 is 0 Å². The molecule has 1 amide bonds. The van der Waals surface area contributed by atoms with Crippen molar-refractivity contribution in [3.63, 3.8) is 0 Å². The molecule has 0 bridgehead atoms. The van der Waals surface area contributed by atoms with Crippen molar-refractivity contribution in [3.05, 3.63) is 52.5 Å². The molecular formula is C21H27ClN2O6S. The van der Waals surface area contributed by atoms with E-state index in [0.717, 1.165) is 11.8 Å². The molecule has 2 aromatic rings. The summed E-state index contributed by atoms with van der Waals surface area (Å²) in [6.45, 7) is 0.266. The Morgan fingerprint density at radius 2 is 1.61 bits per heavy atom. The van der Waals surface area contributed by atoms with Crippen LogP contribution in [0, 0.1) is 0 Å². The van der Waals surface area contributed by atoms with Crippen molar-refractivity contribution in [1.82, 2.24) is 9.62 Å². The number of nitrogens with zero attached hydrogens (tertiary/aromatic N) is 1. The number of hydrogen-bond donors (Lipinski definition) is 1. The molecule has 10 heteroatoms. The Morgan fingerprint density at radius 1 is 1.06 bits per heavy atom. The number of rotatable bonds is 10. The minimum atomic E-state index is -3.54. The first kappa shape index (κ1) is 24.8. The number of hydrogen-bond acceptors (Lipinski definition) is 6. The second-order valence-electron chi connectivity index (χ2n) is 6.98. The van der Waals surface area contributed by atoms with E-state index in [1.165, 1.54) is 26.2 Å². The van der Waals surface area contributed by atoms with Crippen molar-refractivity contribution in [2.45, 2.75) is 19.0 Å². The van der Waals surface area contributed by atoms with Crippen molar-refractivity contribution in [2.75, 3.05) is 34.6 Å². The summed E-state index contributed by atoms with van der Waals surface area (Å²) in [5, 5.41) is 0.521. The van der Waals surface area contributed by atoms with Gasteiger partial charge in [0.15, 0.2) is 11.5 Å². The Hall–Kier alpha value is -2.49.